The van der Waals surface area contributed by atoms with E-state index >= 15 is 0 Å². The maximum absolute atomic E-state index is 13.0. The minimum Gasteiger partial charge on any atom is -0.383 e. The second kappa shape index (κ2) is 4.30. The van der Waals surface area contributed by atoms with Crippen LogP contribution < -0.4 is 5.73 Å². The number of hydrogen-bond donors (Lipinski definition) is 1. The zero-order valence-electron chi connectivity index (χ0n) is 7.26. The molecule has 0 aromatic heterocycles. The third-order valence-corrected chi connectivity index (χ3v) is 1.70. The Morgan fingerprint density at radius 1 is 1.46 bits per heavy atom. The molecule has 0 aliphatic heterocycles. The average Bonchev–Trinajstić information content (AvgIpc) is 2.09. The molecule has 0 spiro atoms. The molecule has 0 aliphatic carbocycles. The van der Waals surface area contributed by atoms with Crippen LogP contribution >= 0.6 is 0 Å². The van der Waals surface area contributed by atoms with Gasteiger partial charge in [0.2, 0.25) is 0 Å². The van der Waals surface area contributed by atoms with E-state index < -0.39 is 17.7 Å². The summed E-state index contributed by atoms with van der Waals surface area (Å²) in [6.45, 7) is 0.167. The highest BCUT2D eigenvalue weighted by Gasteiger charge is 2.11. The lowest BCUT2D eigenvalue weighted by molar-refractivity contribution is 0.179. The molecule has 0 fully saturated rings. The first-order valence-electron chi connectivity index (χ1n) is 3.84. The third kappa shape index (κ3) is 2.47. The van der Waals surface area contributed by atoms with E-state index in [-0.39, 0.29) is 12.2 Å². The summed E-state index contributed by atoms with van der Waals surface area (Å²) in [6, 6.07) is 2.57. The Labute approximate surface area is 75.3 Å². The molecule has 0 bridgehead atoms. The van der Waals surface area contributed by atoms with Crippen LogP contribution in [0.2, 0.25) is 0 Å². The lowest BCUT2D eigenvalue weighted by atomic mass is 10.1. The Hall–Kier alpha value is -1.00. The zero-order chi connectivity index (χ0) is 9.84. The van der Waals surface area contributed by atoms with Crippen LogP contribution in [-0.2, 0) is 4.74 Å². The fourth-order valence-corrected chi connectivity index (χ4v) is 1.07. The number of ether oxygens (including phenoxy) is 1. The molecule has 0 aliphatic rings. The maximum Gasteiger partial charge on any atom is 0.128 e. The van der Waals surface area contributed by atoms with E-state index in [0.29, 0.717) is 0 Å². The summed E-state index contributed by atoms with van der Waals surface area (Å²) < 4.78 is 30.5. The van der Waals surface area contributed by atoms with Gasteiger partial charge in [-0.25, -0.2) is 8.78 Å². The van der Waals surface area contributed by atoms with Crippen molar-refractivity contribution in [3.05, 3.63) is 35.4 Å². The van der Waals surface area contributed by atoms with Crippen molar-refractivity contribution in [3.8, 4) is 0 Å². The van der Waals surface area contributed by atoms with Gasteiger partial charge in [0.25, 0.3) is 0 Å². The monoisotopic (exact) mass is 187 g/mol. The second-order valence-electron chi connectivity index (χ2n) is 2.73. The van der Waals surface area contributed by atoms with Gasteiger partial charge < -0.3 is 10.5 Å². The van der Waals surface area contributed by atoms with Crippen LogP contribution in [0, 0.1) is 11.6 Å². The Bertz CT molecular complexity index is 291. The summed E-state index contributed by atoms with van der Waals surface area (Å²) in [4.78, 5) is 0. The highest BCUT2D eigenvalue weighted by Crippen LogP contribution is 2.16. The molecule has 4 heteroatoms. The third-order valence-electron chi connectivity index (χ3n) is 1.70. The molecular weight excluding hydrogens is 176 g/mol. The number of methoxy groups -OCH3 is 1. The second-order valence-corrected chi connectivity index (χ2v) is 2.73. The minimum atomic E-state index is -0.624. The SMILES string of the molecule is COC[C@@H](N)c1cc(F)ccc1F. The fourth-order valence-electron chi connectivity index (χ4n) is 1.07. The summed E-state index contributed by atoms with van der Waals surface area (Å²) >= 11 is 0. The van der Waals surface area contributed by atoms with Crippen LogP contribution in [0.3, 0.4) is 0 Å². The first-order valence-corrected chi connectivity index (χ1v) is 3.84. The Balaban J connectivity index is 2.91. The fraction of sp³-hybridized carbons (Fsp3) is 0.333. The topological polar surface area (TPSA) is 35.2 Å². The van der Waals surface area contributed by atoms with Crippen molar-refractivity contribution in [3.63, 3.8) is 0 Å². The molecule has 0 radical (unpaired) electrons. The van der Waals surface area contributed by atoms with Crippen LogP contribution in [-0.4, -0.2) is 13.7 Å². The summed E-state index contributed by atoms with van der Waals surface area (Å²) in [5.74, 6) is -1.01. The van der Waals surface area contributed by atoms with Gasteiger partial charge in [0.15, 0.2) is 0 Å². The number of nitrogens with two attached hydrogens (primary N) is 1. The van der Waals surface area contributed by atoms with Crippen LogP contribution in [0.25, 0.3) is 0 Å². The predicted octanol–water partition coefficient (Wildman–Crippen LogP) is 1.61. The summed E-state index contributed by atoms with van der Waals surface area (Å²) in [5.41, 5.74) is 5.68. The zero-order valence-corrected chi connectivity index (χ0v) is 7.26. The molecule has 0 amide bonds. The predicted molar refractivity (Wildman–Crippen MR) is 45.2 cm³/mol. The summed E-state index contributed by atoms with van der Waals surface area (Å²) in [6.07, 6.45) is 0. The van der Waals surface area contributed by atoms with Gasteiger partial charge in [-0.2, -0.15) is 0 Å². The molecule has 0 heterocycles. The van der Waals surface area contributed by atoms with Crippen molar-refractivity contribution in [2.24, 2.45) is 5.73 Å². The van der Waals surface area contributed by atoms with E-state index in [1.807, 2.05) is 0 Å². The van der Waals surface area contributed by atoms with Crippen LogP contribution in [0.1, 0.15) is 11.6 Å². The molecule has 0 saturated carbocycles. The number of benzene rings is 1. The number of hydrogen-bond acceptors (Lipinski definition) is 2. The smallest absolute Gasteiger partial charge is 0.128 e. The highest BCUT2D eigenvalue weighted by molar-refractivity contribution is 5.21. The van der Waals surface area contributed by atoms with Crippen LogP contribution in [0.5, 0.6) is 0 Å². The molecule has 2 nitrogen and oxygen atoms in total. The van der Waals surface area contributed by atoms with Gasteiger partial charge in [0, 0.05) is 12.7 Å². The van der Waals surface area contributed by atoms with Gasteiger partial charge in [0.1, 0.15) is 11.6 Å². The van der Waals surface area contributed by atoms with E-state index in [1.165, 1.54) is 7.11 Å². The number of halogens is 2. The standard InChI is InChI=1S/C9H11F2NO/c1-13-5-9(12)7-4-6(10)2-3-8(7)11/h2-4,9H,5,12H2,1H3/t9-/m1/s1. The lowest BCUT2D eigenvalue weighted by Gasteiger charge is -2.11. The maximum atomic E-state index is 13.0. The van der Waals surface area contributed by atoms with Gasteiger partial charge in [-0.1, -0.05) is 0 Å². The van der Waals surface area contributed by atoms with Gasteiger partial charge >= 0.3 is 0 Å². The van der Waals surface area contributed by atoms with Gasteiger partial charge in [-0.15, -0.1) is 0 Å². The van der Waals surface area contributed by atoms with E-state index in [4.69, 9.17) is 10.5 Å². The quantitative estimate of drug-likeness (QED) is 0.780. The summed E-state index contributed by atoms with van der Waals surface area (Å²) in [5, 5.41) is 0. The van der Waals surface area contributed by atoms with E-state index in [1.54, 1.807) is 0 Å². The first kappa shape index (κ1) is 10.1. The van der Waals surface area contributed by atoms with Crippen molar-refractivity contribution in [2.45, 2.75) is 6.04 Å². The molecule has 1 aromatic carbocycles. The average molecular weight is 187 g/mol. The Morgan fingerprint density at radius 2 is 2.15 bits per heavy atom. The van der Waals surface area contributed by atoms with Gasteiger partial charge in [-0.3, -0.25) is 0 Å². The molecule has 0 saturated heterocycles. The van der Waals surface area contributed by atoms with Gasteiger partial charge in [-0.05, 0) is 18.2 Å². The summed E-state index contributed by atoms with van der Waals surface area (Å²) in [7, 11) is 1.46. The largest absolute Gasteiger partial charge is 0.383 e. The normalized spacial score (nSPS) is 12.9. The van der Waals surface area contributed by atoms with E-state index in [9.17, 15) is 8.78 Å². The molecule has 1 atom stereocenters. The molecule has 1 aromatic rings. The first-order chi connectivity index (χ1) is 6.15. The molecule has 72 valence electrons. The number of rotatable bonds is 3. The molecule has 0 unspecified atom stereocenters. The molecule has 2 N–H and O–H groups in total. The van der Waals surface area contributed by atoms with E-state index in [2.05, 4.69) is 0 Å². The molecule has 13 heavy (non-hydrogen) atoms. The van der Waals surface area contributed by atoms with Crippen LogP contribution in [0.4, 0.5) is 8.78 Å². The van der Waals surface area contributed by atoms with Gasteiger partial charge in [0.05, 0.1) is 12.6 Å². The lowest BCUT2D eigenvalue weighted by Crippen LogP contribution is -2.17. The molecule has 1 rings (SSSR count). The Kier molecular flexibility index (Phi) is 3.33. The van der Waals surface area contributed by atoms with Crippen molar-refractivity contribution in [2.75, 3.05) is 13.7 Å². The van der Waals surface area contributed by atoms with Crippen molar-refractivity contribution in [1.29, 1.82) is 0 Å². The molecular formula is C9H11F2NO. The van der Waals surface area contributed by atoms with Crippen LogP contribution in [0.15, 0.2) is 18.2 Å². The van der Waals surface area contributed by atoms with Crippen molar-refractivity contribution < 1.29 is 13.5 Å². The highest BCUT2D eigenvalue weighted by atomic mass is 19.1. The minimum absolute atomic E-state index is 0.141. The Morgan fingerprint density at radius 3 is 2.77 bits per heavy atom. The van der Waals surface area contributed by atoms with Crippen molar-refractivity contribution >= 4 is 0 Å². The van der Waals surface area contributed by atoms with E-state index in [0.717, 1.165) is 18.2 Å². The van der Waals surface area contributed by atoms with Crippen molar-refractivity contribution in [1.82, 2.24) is 0 Å².